The molecule has 7 nitrogen and oxygen atoms in total. The highest BCUT2D eigenvalue weighted by atomic mass is 32.1. The summed E-state index contributed by atoms with van der Waals surface area (Å²) in [4.78, 5) is 19.5. The zero-order valence-corrected chi connectivity index (χ0v) is 13.5. The van der Waals surface area contributed by atoms with E-state index in [1.165, 1.54) is 0 Å². The average molecular weight is 341 g/mol. The second kappa shape index (κ2) is 7.14. The molecule has 3 aromatic rings. The van der Waals surface area contributed by atoms with Crippen molar-refractivity contribution in [1.82, 2.24) is 24.7 Å². The van der Waals surface area contributed by atoms with Gasteiger partial charge in [0, 0.05) is 24.9 Å². The molecule has 0 bridgehead atoms. The lowest BCUT2D eigenvalue weighted by molar-refractivity contribution is -0.137. The van der Waals surface area contributed by atoms with Crippen LogP contribution in [0.1, 0.15) is 17.9 Å². The van der Waals surface area contributed by atoms with Gasteiger partial charge in [-0.25, -0.2) is 4.98 Å². The maximum atomic E-state index is 11.3. The zero-order valence-electron chi connectivity index (χ0n) is 12.7. The summed E-state index contributed by atoms with van der Waals surface area (Å²) in [5.74, 6) is -0.553. The number of hydrogen-bond donors (Lipinski definition) is 2. The summed E-state index contributed by atoms with van der Waals surface area (Å²) in [7, 11) is 0. The number of aromatic nitrogens is 5. The Morgan fingerprint density at radius 3 is 2.75 bits per heavy atom. The third-order valence-electron chi connectivity index (χ3n) is 3.65. The van der Waals surface area contributed by atoms with Crippen LogP contribution in [0.25, 0.3) is 11.5 Å². The summed E-state index contributed by atoms with van der Waals surface area (Å²) in [5.41, 5.74) is 1.51. The fourth-order valence-corrected chi connectivity index (χ4v) is 2.75. The number of benzene rings is 1. The molecular formula is C16H15N5O2S. The van der Waals surface area contributed by atoms with E-state index in [9.17, 15) is 9.90 Å². The van der Waals surface area contributed by atoms with Crippen LogP contribution >= 0.6 is 12.2 Å². The van der Waals surface area contributed by atoms with E-state index in [1.807, 2.05) is 30.3 Å². The van der Waals surface area contributed by atoms with Gasteiger partial charge >= 0.3 is 5.97 Å². The Hall–Kier alpha value is -2.87. The number of carboxylic acids is 1. The van der Waals surface area contributed by atoms with Gasteiger partial charge in [-0.15, -0.1) is 0 Å². The number of carboxylic acid groups (broad SMARTS) is 1. The molecule has 1 aromatic carbocycles. The summed E-state index contributed by atoms with van der Waals surface area (Å²) in [6.07, 6.45) is 4.74. The molecule has 0 saturated carbocycles. The van der Waals surface area contributed by atoms with Crippen LogP contribution in [0.15, 0.2) is 48.9 Å². The lowest BCUT2D eigenvalue weighted by Gasteiger charge is -2.17. The van der Waals surface area contributed by atoms with E-state index in [1.54, 1.807) is 23.2 Å². The minimum Gasteiger partial charge on any atom is -0.481 e. The molecule has 0 saturated heterocycles. The number of aliphatic carboxylic acids is 1. The molecule has 0 radical (unpaired) electrons. The Balaban J connectivity index is 1.98. The first-order chi connectivity index (χ1) is 11.6. The molecule has 1 atom stereocenters. The van der Waals surface area contributed by atoms with Gasteiger partial charge in [0.2, 0.25) is 0 Å². The van der Waals surface area contributed by atoms with Gasteiger partial charge in [-0.2, -0.15) is 5.10 Å². The van der Waals surface area contributed by atoms with Crippen molar-refractivity contribution in [3.63, 3.8) is 0 Å². The predicted molar refractivity (Wildman–Crippen MR) is 89.9 cm³/mol. The lowest BCUT2D eigenvalue weighted by atomic mass is 9.95. The van der Waals surface area contributed by atoms with Crippen molar-refractivity contribution in [2.24, 2.45) is 0 Å². The number of hydrogen-bond acceptors (Lipinski definition) is 5. The van der Waals surface area contributed by atoms with Gasteiger partial charge in [-0.05, 0) is 17.8 Å². The molecule has 0 aliphatic carbocycles. The smallest absolute Gasteiger partial charge is 0.304 e. The van der Waals surface area contributed by atoms with Crippen molar-refractivity contribution < 1.29 is 9.90 Å². The molecule has 0 spiro atoms. The third kappa shape index (κ3) is 3.54. The average Bonchev–Trinajstić information content (AvgIpc) is 2.96. The van der Waals surface area contributed by atoms with Crippen LogP contribution in [-0.2, 0) is 11.3 Å². The summed E-state index contributed by atoms with van der Waals surface area (Å²) in [6.45, 7) is 0.386. The van der Waals surface area contributed by atoms with Gasteiger partial charge in [-0.3, -0.25) is 19.4 Å². The number of nitrogens with zero attached hydrogens (tertiary/aromatic N) is 4. The second-order valence-corrected chi connectivity index (χ2v) is 5.65. The maximum Gasteiger partial charge on any atom is 0.304 e. The van der Waals surface area contributed by atoms with Gasteiger partial charge in [0.1, 0.15) is 5.69 Å². The number of nitrogens with one attached hydrogen (secondary N) is 1. The van der Waals surface area contributed by atoms with Crippen LogP contribution in [-0.4, -0.2) is 35.8 Å². The van der Waals surface area contributed by atoms with E-state index in [-0.39, 0.29) is 12.3 Å². The largest absolute Gasteiger partial charge is 0.481 e. The molecule has 0 aliphatic rings. The van der Waals surface area contributed by atoms with Gasteiger partial charge in [0.05, 0.1) is 12.6 Å². The van der Waals surface area contributed by atoms with Crippen molar-refractivity contribution >= 4 is 18.2 Å². The van der Waals surface area contributed by atoms with Crippen molar-refractivity contribution in [1.29, 1.82) is 0 Å². The van der Waals surface area contributed by atoms with Crippen molar-refractivity contribution in [2.45, 2.75) is 18.9 Å². The SMILES string of the molecule is O=C(O)C[C@@H](Cn1c(-c2cnccn2)n[nH]c1=S)c1ccccc1. The minimum atomic E-state index is -0.861. The Morgan fingerprint density at radius 1 is 1.29 bits per heavy atom. The van der Waals surface area contributed by atoms with Gasteiger partial charge in [0.25, 0.3) is 0 Å². The molecule has 8 heteroatoms. The fourth-order valence-electron chi connectivity index (χ4n) is 2.54. The first-order valence-corrected chi connectivity index (χ1v) is 7.74. The van der Waals surface area contributed by atoms with E-state index in [0.717, 1.165) is 5.56 Å². The van der Waals surface area contributed by atoms with Crippen molar-refractivity contribution in [3.05, 3.63) is 59.3 Å². The van der Waals surface area contributed by atoms with Crippen molar-refractivity contribution in [3.8, 4) is 11.5 Å². The first-order valence-electron chi connectivity index (χ1n) is 7.33. The molecule has 0 unspecified atom stereocenters. The molecule has 2 aromatic heterocycles. The highest BCUT2D eigenvalue weighted by Gasteiger charge is 2.19. The quantitative estimate of drug-likeness (QED) is 0.669. The van der Waals surface area contributed by atoms with Crippen LogP contribution in [0.4, 0.5) is 0 Å². The number of carbonyl (C=O) groups is 1. The topological polar surface area (TPSA) is 96.7 Å². The first kappa shape index (κ1) is 16.0. The molecule has 122 valence electrons. The van der Waals surface area contributed by atoms with Crippen LogP contribution in [0.3, 0.4) is 0 Å². The lowest BCUT2D eigenvalue weighted by Crippen LogP contribution is -2.15. The molecule has 24 heavy (non-hydrogen) atoms. The Labute approximate surface area is 143 Å². The van der Waals surface area contributed by atoms with E-state index in [4.69, 9.17) is 12.2 Å². The van der Waals surface area contributed by atoms with Crippen molar-refractivity contribution in [2.75, 3.05) is 0 Å². The molecule has 2 N–H and O–H groups in total. The second-order valence-electron chi connectivity index (χ2n) is 5.26. The van der Waals surface area contributed by atoms with Crippen LogP contribution < -0.4 is 0 Å². The van der Waals surface area contributed by atoms with E-state index in [0.29, 0.717) is 22.8 Å². The van der Waals surface area contributed by atoms with Crippen LogP contribution in [0.2, 0.25) is 0 Å². The van der Waals surface area contributed by atoms with Gasteiger partial charge < -0.3 is 5.11 Å². The van der Waals surface area contributed by atoms with Crippen LogP contribution in [0, 0.1) is 4.77 Å². The van der Waals surface area contributed by atoms with Gasteiger partial charge in [0.15, 0.2) is 10.6 Å². The standard InChI is InChI=1S/C16H15N5O2S/c22-14(23)8-12(11-4-2-1-3-5-11)10-21-15(19-20-16(21)24)13-9-17-6-7-18-13/h1-7,9,12H,8,10H2,(H,20,24)(H,22,23)/t12-/m0/s1. The number of H-pyrrole nitrogens is 1. The fraction of sp³-hybridized carbons (Fsp3) is 0.188. The van der Waals surface area contributed by atoms with Gasteiger partial charge in [-0.1, -0.05) is 30.3 Å². The Morgan fingerprint density at radius 2 is 2.08 bits per heavy atom. The molecular weight excluding hydrogens is 326 g/mol. The Bertz CT molecular complexity index is 876. The summed E-state index contributed by atoms with van der Waals surface area (Å²) in [5, 5.41) is 16.2. The zero-order chi connectivity index (χ0) is 16.9. The predicted octanol–water partition coefficient (Wildman–Crippen LogP) is 2.66. The molecule has 2 heterocycles. The van der Waals surface area contributed by atoms with E-state index < -0.39 is 5.97 Å². The number of rotatable bonds is 6. The number of aromatic amines is 1. The van der Waals surface area contributed by atoms with Crippen LogP contribution in [0.5, 0.6) is 0 Å². The molecule has 0 amide bonds. The maximum absolute atomic E-state index is 11.3. The monoisotopic (exact) mass is 341 g/mol. The molecule has 3 rings (SSSR count). The van der Waals surface area contributed by atoms with E-state index in [2.05, 4.69) is 20.2 Å². The van der Waals surface area contributed by atoms with E-state index >= 15 is 0 Å². The summed E-state index contributed by atoms with van der Waals surface area (Å²) >= 11 is 5.30. The summed E-state index contributed by atoms with van der Waals surface area (Å²) < 4.78 is 2.18. The normalized spacial score (nSPS) is 12.0. The minimum absolute atomic E-state index is 0.00310. The third-order valence-corrected chi connectivity index (χ3v) is 3.96. The molecule has 0 aliphatic heterocycles. The summed E-state index contributed by atoms with van der Waals surface area (Å²) in [6, 6.07) is 9.51. The highest BCUT2D eigenvalue weighted by Crippen LogP contribution is 2.24. The molecule has 0 fully saturated rings. The Kier molecular flexibility index (Phi) is 4.76. The highest BCUT2D eigenvalue weighted by molar-refractivity contribution is 7.71.